The number of Topliss-reactive ketones (excluding diaryl/α,β-unsaturated/α-hetero) is 1. The van der Waals surface area contributed by atoms with E-state index in [9.17, 15) is 30.0 Å². The van der Waals surface area contributed by atoms with E-state index in [4.69, 9.17) is 0 Å². The summed E-state index contributed by atoms with van der Waals surface area (Å²) in [6.07, 6.45) is 1.40. The van der Waals surface area contributed by atoms with Crippen LogP contribution in [0.2, 0.25) is 0 Å². The third-order valence-corrected chi connectivity index (χ3v) is 5.85. The quantitative estimate of drug-likeness (QED) is 0.329. The van der Waals surface area contributed by atoms with E-state index in [1.54, 1.807) is 0 Å². The maximum absolute atomic E-state index is 12.4. The molecule has 0 aliphatic heterocycles. The first kappa shape index (κ1) is 21.0. The van der Waals surface area contributed by atoms with E-state index in [1.165, 1.54) is 12.1 Å². The number of allylic oxidation sites excluding steroid dienone is 1. The van der Waals surface area contributed by atoms with Gasteiger partial charge >= 0.3 is 5.97 Å². The Morgan fingerprint density at radius 3 is 2.59 bits per heavy atom. The molecule has 6 heteroatoms. The molecular weight excluding hydrogens is 348 g/mol. The topological polar surface area (TPSA) is 115 Å². The number of carbonyl (C=O) groups excluding carboxylic acids is 1. The summed E-state index contributed by atoms with van der Waals surface area (Å²) in [4.78, 5) is 24.1. The number of phenolic OH excluding ortho intramolecular Hbond substituents is 2. The molecule has 1 aliphatic rings. The molecule has 1 unspecified atom stereocenters. The van der Waals surface area contributed by atoms with Gasteiger partial charge in [0.25, 0.3) is 0 Å². The van der Waals surface area contributed by atoms with E-state index < -0.39 is 29.2 Å². The van der Waals surface area contributed by atoms with Crippen molar-refractivity contribution in [3.63, 3.8) is 0 Å². The van der Waals surface area contributed by atoms with E-state index in [0.717, 1.165) is 11.6 Å². The Kier molecular flexibility index (Phi) is 6.31. The minimum atomic E-state index is -1.08. The first-order valence-electron chi connectivity index (χ1n) is 9.17. The summed E-state index contributed by atoms with van der Waals surface area (Å²) < 4.78 is 0. The van der Waals surface area contributed by atoms with Crippen LogP contribution in [0.1, 0.15) is 56.3 Å². The van der Waals surface area contributed by atoms with Crippen molar-refractivity contribution >= 4 is 11.8 Å². The molecule has 0 radical (unpaired) electrons. The molecule has 27 heavy (non-hydrogen) atoms. The second-order valence-electron chi connectivity index (χ2n) is 8.03. The van der Waals surface area contributed by atoms with Gasteiger partial charge in [0.2, 0.25) is 0 Å². The number of benzene rings is 1. The predicted molar refractivity (Wildman–Crippen MR) is 101 cm³/mol. The van der Waals surface area contributed by atoms with Gasteiger partial charge < -0.3 is 20.4 Å². The van der Waals surface area contributed by atoms with Crippen molar-refractivity contribution in [1.29, 1.82) is 0 Å². The maximum Gasteiger partial charge on any atom is 0.306 e. The first-order chi connectivity index (χ1) is 12.5. The Morgan fingerprint density at radius 1 is 1.30 bits per heavy atom. The number of aliphatic hydroxyl groups excluding tert-OH is 1. The lowest BCUT2D eigenvalue weighted by Gasteiger charge is -2.44. The smallest absolute Gasteiger partial charge is 0.306 e. The van der Waals surface area contributed by atoms with Gasteiger partial charge in [0.15, 0.2) is 5.78 Å². The highest BCUT2D eigenvalue weighted by molar-refractivity contribution is 6.00. The largest absolute Gasteiger partial charge is 0.508 e. The molecule has 1 aromatic carbocycles. The Hall–Kier alpha value is -2.34. The van der Waals surface area contributed by atoms with Crippen LogP contribution >= 0.6 is 0 Å². The molecule has 0 amide bonds. The predicted octanol–water partition coefficient (Wildman–Crippen LogP) is 3.50. The fourth-order valence-electron chi connectivity index (χ4n) is 3.96. The zero-order valence-electron chi connectivity index (χ0n) is 15.8. The number of carboxylic acid groups (broad SMARTS) is 1. The van der Waals surface area contributed by atoms with Crippen molar-refractivity contribution in [1.82, 2.24) is 0 Å². The highest BCUT2D eigenvalue weighted by Gasteiger charge is 2.41. The first-order valence-corrected chi connectivity index (χ1v) is 9.17. The van der Waals surface area contributed by atoms with Crippen molar-refractivity contribution < 1.29 is 30.0 Å². The Labute approximate surface area is 159 Å². The lowest BCUT2D eigenvalue weighted by atomic mass is 9.63. The van der Waals surface area contributed by atoms with Gasteiger partial charge in [-0.1, -0.05) is 26.0 Å². The molecule has 6 nitrogen and oxygen atoms in total. The van der Waals surface area contributed by atoms with Crippen molar-refractivity contribution in [2.75, 3.05) is 0 Å². The average Bonchev–Trinajstić information content (AvgIpc) is 2.59. The molecule has 0 heterocycles. The number of phenols is 2. The normalized spacial score (nSPS) is 23.0. The molecule has 0 saturated heterocycles. The molecule has 4 N–H and O–H groups in total. The number of rotatable bonds is 7. The summed E-state index contributed by atoms with van der Waals surface area (Å²) in [5, 5.41) is 39.1. The lowest BCUT2D eigenvalue weighted by molar-refractivity contribution is -0.142. The molecular formula is C21H28O6. The van der Waals surface area contributed by atoms with Gasteiger partial charge in [0.05, 0.1) is 17.6 Å². The number of carboxylic acids is 1. The molecule has 0 aromatic heterocycles. The summed E-state index contributed by atoms with van der Waals surface area (Å²) in [6, 6.07) is 3.59. The second-order valence-corrected chi connectivity index (χ2v) is 8.03. The third-order valence-electron chi connectivity index (χ3n) is 5.85. The van der Waals surface area contributed by atoms with Crippen LogP contribution in [0, 0.1) is 17.3 Å². The Bertz CT molecular complexity index is 736. The second kappa shape index (κ2) is 8.13. The molecule has 1 fully saturated rings. The van der Waals surface area contributed by atoms with Gasteiger partial charge in [-0.25, -0.2) is 0 Å². The molecule has 0 spiro atoms. The van der Waals surface area contributed by atoms with Gasteiger partial charge in [-0.15, -0.1) is 0 Å². The van der Waals surface area contributed by atoms with E-state index in [1.807, 2.05) is 13.8 Å². The van der Waals surface area contributed by atoms with Gasteiger partial charge in [-0.3, -0.25) is 9.59 Å². The van der Waals surface area contributed by atoms with Crippen molar-refractivity contribution in [3.8, 4) is 11.5 Å². The van der Waals surface area contributed by atoms with E-state index in [0.29, 0.717) is 19.3 Å². The number of hydrogen-bond acceptors (Lipinski definition) is 5. The number of ketones is 1. The number of hydrogen-bond donors (Lipinski definition) is 4. The van der Waals surface area contributed by atoms with Crippen LogP contribution in [0.3, 0.4) is 0 Å². The van der Waals surface area contributed by atoms with Gasteiger partial charge in [0.1, 0.15) is 11.5 Å². The summed E-state index contributed by atoms with van der Waals surface area (Å²) in [5.74, 6) is -3.00. The van der Waals surface area contributed by atoms with E-state index in [-0.39, 0.29) is 35.8 Å². The summed E-state index contributed by atoms with van der Waals surface area (Å²) in [6.45, 7) is 8.01. The minimum absolute atomic E-state index is 0.0209. The SMILES string of the molecule is C=C1CC[C@H](O)C(C)(C)[C@@H]1CCC(CC(=O)c1cc(O)ccc1O)C(=O)O. The molecule has 2 rings (SSSR count). The fourth-order valence-corrected chi connectivity index (χ4v) is 3.96. The van der Waals surface area contributed by atoms with Crippen LogP contribution in [-0.2, 0) is 4.79 Å². The molecule has 1 aromatic rings. The fraction of sp³-hybridized carbons (Fsp3) is 0.524. The zero-order valence-corrected chi connectivity index (χ0v) is 15.8. The average molecular weight is 376 g/mol. The maximum atomic E-state index is 12.4. The van der Waals surface area contributed by atoms with E-state index >= 15 is 0 Å². The van der Waals surface area contributed by atoms with Crippen LogP contribution in [-0.4, -0.2) is 38.3 Å². The van der Waals surface area contributed by atoms with Gasteiger partial charge in [-0.05, 0) is 55.2 Å². The molecule has 0 bridgehead atoms. The van der Waals surface area contributed by atoms with Gasteiger partial charge in [-0.2, -0.15) is 0 Å². The Morgan fingerprint density at radius 2 is 1.96 bits per heavy atom. The van der Waals surface area contributed by atoms with Crippen LogP contribution < -0.4 is 0 Å². The number of carbonyl (C=O) groups is 2. The molecule has 1 saturated carbocycles. The monoisotopic (exact) mass is 376 g/mol. The van der Waals surface area contributed by atoms with E-state index in [2.05, 4.69) is 6.58 Å². The molecule has 3 atom stereocenters. The van der Waals surface area contributed by atoms with Crippen LogP contribution in [0.25, 0.3) is 0 Å². The third kappa shape index (κ3) is 4.69. The highest BCUT2D eigenvalue weighted by atomic mass is 16.4. The minimum Gasteiger partial charge on any atom is -0.508 e. The lowest BCUT2D eigenvalue weighted by Crippen LogP contribution is -2.41. The van der Waals surface area contributed by atoms with Crippen molar-refractivity contribution in [3.05, 3.63) is 35.9 Å². The highest BCUT2D eigenvalue weighted by Crippen LogP contribution is 2.46. The number of aliphatic carboxylic acids is 1. The summed E-state index contributed by atoms with van der Waals surface area (Å²) in [7, 11) is 0. The van der Waals surface area contributed by atoms with Crippen molar-refractivity contribution in [2.24, 2.45) is 17.3 Å². The van der Waals surface area contributed by atoms with Gasteiger partial charge in [0, 0.05) is 6.42 Å². The Balaban J connectivity index is 2.09. The molecule has 1 aliphatic carbocycles. The van der Waals surface area contributed by atoms with Crippen LogP contribution in [0.4, 0.5) is 0 Å². The number of aromatic hydroxyl groups is 2. The van der Waals surface area contributed by atoms with Crippen LogP contribution in [0.5, 0.6) is 11.5 Å². The number of aliphatic hydroxyl groups is 1. The molecule has 148 valence electrons. The summed E-state index contributed by atoms with van der Waals surface area (Å²) in [5.41, 5.74) is 0.525. The van der Waals surface area contributed by atoms with Crippen LogP contribution in [0.15, 0.2) is 30.4 Å². The summed E-state index contributed by atoms with van der Waals surface area (Å²) >= 11 is 0. The van der Waals surface area contributed by atoms with Crippen molar-refractivity contribution in [2.45, 2.75) is 52.1 Å². The standard InChI is InChI=1S/C21H28O6/c1-12-4-9-19(25)21(2,3)16(12)7-5-13(20(26)27)10-18(24)15-11-14(22)6-8-17(15)23/h6,8,11,13,16,19,22-23,25H,1,4-5,7,9-10H2,2-3H3,(H,26,27)/t13?,16-,19+/m1/s1. The zero-order chi connectivity index (χ0) is 20.4.